The Morgan fingerprint density at radius 2 is 2.29 bits per heavy atom. The second-order valence-electron chi connectivity index (χ2n) is 5.37. The van der Waals surface area contributed by atoms with Gasteiger partial charge >= 0.3 is 11.9 Å². The standard InChI is InChI=1S/C15H20N2O4/c1-3-6-15(14(19)20)7-9-17(10-15)12-11(13(18)21-2)5-4-8-16-12/h4-5,8H,3,6-7,9-10H2,1-2H3,(H,19,20). The van der Waals surface area contributed by atoms with Gasteiger partial charge in [-0.15, -0.1) is 0 Å². The van der Waals surface area contributed by atoms with Crippen molar-refractivity contribution in [2.24, 2.45) is 5.41 Å². The van der Waals surface area contributed by atoms with Crippen LogP contribution in [0.3, 0.4) is 0 Å². The Morgan fingerprint density at radius 3 is 2.90 bits per heavy atom. The van der Waals surface area contributed by atoms with E-state index in [1.54, 1.807) is 18.3 Å². The van der Waals surface area contributed by atoms with Crippen LogP contribution in [0.4, 0.5) is 5.82 Å². The Balaban J connectivity index is 2.29. The van der Waals surface area contributed by atoms with Gasteiger partial charge in [0.1, 0.15) is 11.4 Å². The van der Waals surface area contributed by atoms with Gasteiger partial charge in [0.15, 0.2) is 0 Å². The molecule has 6 heteroatoms. The topological polar surface area (TPSA) is 79.7 Å². The van der Waals surface area contributed by atoms with Gasteiger partial charge in [0, 0.05) is 19.3 Å². The van der Waals surface area contributed by atoms with Gasteiger partial charge in [-0.1, -0.05) is 13.3 Å². The highest BCUT2D eigenvalue weighted by Crippen LogP contribution is 2.38. The van der Waals surface area contributed by atoms with E-state index in [0.29, 0.717) is 37.3 Å². The maximum atomic E-state index is 11.8. The monoisotopic (exact) mass is 292 g/mol. The zero-order valence-electron chi connectivity index (χ0n) is 12.3. The quantitative estimate of drug-likeness (QED) is 0.836. The lowest BCUT2D eigenvalue weighted by Gasteiger charge is -2.25. The van der Waals surface area contributed by atoms with Crippen LogP contribution in [0.1, 0.15) is 36.5 Å². The summed E-state index contributed by atoms with van der Waals surface area (Å²) in [6, 6.07) is 3.32. The molecule has 0 radical (unpaired) electrons. The fourth-order valence-electron chi connectivity index (χ4n) is 2.94. The summed E-state index contributed by atoms with van der Waals surface area (Å²) in [4.78, 5) is 29.6. The van der Waals surface area contributed by atoms with Crippen LogP contribution in [0.25, 0.3) is 0 Å². The molecule has 0 amide bonds. The van der Waals surface area contributed by atoms with Crippen molar-refractivity contribution < 1.29 is 19.4 Å². The van der Waals surface area contributed by atoms with Crippen molar-refractivity contribution in [3.05, 3.63) is 23.9 Å². The Hall–Kier alpha value is -2.11. The summed E-state index contributed by atoms with van der Waals surface area (Å²) < 4.78 is 4.76. The first-order valence-corrected chi connectivity index (χ1v) is 7.06. The molecule has 1 aliphatic heterocycles. The number of carbonyl (C=O) groups excluding carboxylic acids is 1. The minimum absolute atomic E-state index is 0.372. The molecule has 1 atom stereocenters. The number of hydrogen-bond acceptors (Lipinski definition) is 5. The van der Waals surface area contributed by atoms with E-state index in [9.17, 15) is 14.7 Å². The SMILES string of the molecule is CCCC1(C(=O)O)CCN(c2ncccc2C(=O)OC)C1. The molecule has 0 aliphatic carbocycles. The molecule has 0 aromatic carbocycles. The lowest BCUT2D eigenvalue weighted by atomic mass is 9.83. The second-order valence-corrected chi connectivity index (χ2v) is 5.37. The highest BCUT2D eigenvalue weighted by atomic mass is 16.5. The van der Waals surface area contributed by atoms with Crippen LogP contribution in [0.15, 0.2) is 18.3 Å². The maximum Gasteiger partial charge on any atom is 0.341 e. The summed E-state index contributed by atoms with van der Waals surface area (Å²) >= 11 is 0. The minimum Gasteiger partial charge on any atom is -0.481 e. The minimum atomic E-state index is -0.776. The molecule has 1 fully saturated rings. The number of anilines is 1. The molecule has 2 rings (SSSR count). The summed E-state index contributed by atoms with van der Waals surface area (Å²) in [5.41, 5.74) is -0.377. The maximum absolute atomic E-state index is 11.8. The molecule has 6 nitrogen and oxygen atoms in total. The number of hydrogen-bond donors (Lipinski definition) is 1. The van der Waals surface area contributed by atoms with Gasteiger partial charge in [-0.3, -0.25) is 4.79 Å². The van der Waals surface area contributed by atoms with E-state index in [0.717, 1.165) is 6.42 Å². The van der Waals surface area contributed by atoms with Crippen LogP contribution in [-0.2, 0) is 9.53 Å². The van der Waals surface area contributed by atoms with Crippen molar-refractivity contribution in [3.63, 3.8) is 0 Å². The van der Waals surface area contributed by atoms with E-state index < -0.39 is 17.4 Å². The third kappa shape index (κ3) is 2.84. The average Bonchev–Trinajstić information content (AvgIpc) is 2.92. The summed E-state index contributed by atoms with van der Waals surface area (Å²) in [5.74, 6) is -0.729. The summed E-state index contributed by atoms with van der Waals surface area (Å²) in [7, 11) is 1.32. The van der Waals surface area contributed by atoms with Crippen LogP contribution >= 0.6 is 0 Å². The summed E-state index contributed by atoms with van der Waals surface area (Å²) in [5, 5.41) is 9.55. The highest BCUT2D eigenvalue weighted by molar-refractivity contribution is 5.95. The number of aromatic nitrogens is 1. The number of methoxy groups -OCH3 is 1. The van der Waals surface area contributed by atoms with E-state index in [1.165, 1.54) is 7.11 Å². The van der Waals surface area contributed by atoms with Crippen LogP contribution < -0.4 is 4.90 Å². The summed E-state index contributed by atoms with van der Waals surface area (Å²) in [6.07, 6.45) is 3.60. The van der Waals surface area contributed by atoms with E-state index in [2.05, 4.69) is 4.98 Å². The Morgan fingerprint density at radius 1 is 1.52 bits per heavy atom. The number of carboxylic acid groups (broad SMARTS) is 1. The van der Waals surface area contributed by atoms with Crippen LogP contribution in [0, 0.1) is 5.41 Å². The molecule has 0 bridgehead atoms. The van der Waals surface area contributed by atoms with Gasteiger partial charge in [-0.2, -0.15) is 0 Å². The molecule has 1 aliphatic rings. The average molecular weight is 292 g/mol. The van der Waals surface area contributed by atoms with Crippen LogP contribution in [0.2, 0.25) is 0 Å². The third-order valence-electron chi connectivity index (χ3n) is 4.03. The molecular formula is C15H20N2O4. The predicted molar refractivity (Wildman–Crippen MR) is 77.4 cm³/mol. The van der Waals surface area contributed by atoms with E-state index in [-0.39, 0.29) is 0 Å². The van der Waals surface area contributed by atoms with Crippen molar-refractivity contribution in [1.82, 2.24) is 4.98 Å². The molecule has 1 unspecified atom stereocenters. The molecule has 1 aromatic rings. The van der Waals surface area contributed by atoms with Crippen LogP contribution in [-0.4, -0.2) is 42.2 Å². The lowest BCUT2D eigenvalue weighted by molar-refractivity contribution is -0.148. The number of pyridine rings is 1. The molecule has 1 aromatic heterocycles. The Kier molecular flexibility index (Phi) is 4.45. The van der Waals surface area contributed by atoms with Crippen LogP contribution in [0.5, 0.6) is 0 Å². The van der Waals surface area contributed by atoms with Gasteiger partial charge in [-0.25, -0.2) is 9.78 Å². The molecule has 1 saturated heterocycles. The van der Waals surface area contributed by atoms with Gasteiger partial charge in [0.2, 0.25) is 0 Å². The van der Waals surface area contributed by atoms with E-state index in [1.807, 2.05) is 11.8 Å². The summed E-state index contributed by atoms with van der Waals surface area (Å²) in [6.45, 7) is 2.93. The van der Waals surface area contributed by atoms with E-state index >= 15 is 0 Å². The lowest BCUT2D eigenvalue weighted by Crippen LogP contribution is -2.35. The van der Waals surface area contributed by atoms with Crippen molar-refractivity contribution in [2.45, 2.75) is 26.2 Å². The first-order chi connectivity index (χ1) is 10.0. The molecule has 1 N–H and O–H groups in total. The van der Waals surface area contributed by atoms with Crippen molar-refractivity contribution in [3.8, 4) is 0 Å². The normalized spacial score (nSPS) is 21.3. The Bertz CT molecular complexity index is 546. The zero-order valence-corrected chi connectivity index (χ0v) is 12.3. The number of aliphatic carboxylic acids is 1. The number of ether oxygens (including phenoxy) is 1. The second kappa shape index (κ2) is 6.11. The molecule has 0 spiro atoms. The predicted octanol–water partition coefficient (Wildman–Crippen LogP) is 1.95. The molecule has 0 saturated carbocycles. The fraction of sp³-hybridized carbons (Fsp3) is 0.533. The number of esters is 1. The highest BCUT2D eigenvalue weighted by Gasteiger charge is 2.45. The first-order valence-electron chi connectivity index (χ1n) is 7.06. The molecular weight excluding hydrogens is 272 g/mol. The van der Waals surface area contributed by atoms with Crippen molar-refractivity contribution in [1.29, 1.82) is 0 Å². The molecule has 21 heavy (non-hydrogen) atoms. The zero-order chi connectivity index (χ0) is 15.5. The van der Waals surface area contributed by atoms with E-state index in [4.69, 9.17) is 4.74 Å². The van der Waals surface area contributed by atoms with Gasteiger partial charge in [-0.05, 0) is 25.0 Å². The van der Waals surface area contributed by atoms with Crippen molar-refractivity contribution in [2.75, 3.05) is 25.1 Å². The fourth-order valence-corrected chi connectivity index (χ4v) is 2.94. The van der Waals surface area contributed by atoms with Crippen molar-refractivity contribution >= 4 is 17.8 Å². The first kappa shape index (κ1) is 15.3. The molecule has 2 heterocycles. The number of rotatable bonds is 5. The van der Waals surface area contributed by atoms with Gasteiger partial charge in [0.05, 0.1) is 12.5 Å². The molecule has 114 valence electrons. The number of carbonyl (C=O) groups is 2. The number of nitrogens with zero attached hydrogens (tertiary/aromatic N) is 2. The largest absolute Gasteiger partial charge is 0.481 e. The third-order valence-corrected chi connectivity index (χ3v) is 4.03. The smallest absolute Gasteiger partial charge is 0.341 e. The Labute approximate surface area is 123 Å². The van der Waals surface area contributed by atoms with Gasteiger partial charge in [0.25, 0.3) is 0 Å². The van der Waals surface area contributed by atoms with Gasteiger partial charge < -0.3 is 14.7 Å². The number of carboxylic acids is 1.